The van der Waals surface area contributed by atoms with Crippen molar-refractivity contribution in [1.29, 1.82) is 0 Å². The quantitative estimate of drug-likeness (QED) is 0.489. The third-order valence-electron chi connectivity index (χ3n) is 0.500. The molecule has 1 rings (SSSR count). The lowest BCUT2D eigenvalue weighted by Gasteiger charge is -2.10. The van der Waals surface area contributed by atoms with Crippen LogP contribution in [0.5, 0.6) is 0 Å². The smallest absolute Gasteiger partial charge is 0.152 e. The van der Waals surface area contributed by atoms with Crippen molar-refractivity contribution in [1.82, 2.24) is 4.90 Å². The van der Waals surface area contributed by atoms with E-state index in [0.717, 1.165) is 0 Å². The molecule has 0 aromatic rings. The summed E-state index contributed by atoms with van der Waals surface area (Å²) in [5.74, 6) is 0. The van der Waals surface area contributed by atoms with Crippen LogP contribution in [0.4, 0.5) is 0 Å². The third-order valence-corrected chi connectivity index (χ3v) is 0.500. The standard InChI is InChI=1S/C3H9N.C3H6O3/c1-4(2)3;1-4-2-6-3-5-1/h1-3H3;1-3H2. The Bertz CT molecular complexity index is 49.7. The van der Waals surface area contributed by atoms with Crippen molar-refractivity contribution in [2.45, 2.75) is 0 Å². The molecule has 0 aliphatic carbocycles. The summed E-state index contributed by atoms with van der Waals surface area (Å²) in [6, 6.07) is 0. The zero-order valence-corrected chi connectivity index (χ0v) is 6.79. The molecule has 1 aliphatic heterocycles. The average molecular weight is 149 g/mol. The molecule has 62 valence electrons. The Balaban J connectivity index is 0.000000180. The highest BCUT2D eigenvalue weighted by Crippen LogP contribution is 1.87. The predicted octanol–water partition coefficient (Wildman–Crippen LogP) is 0.100. The fourth-order valence-electron chi connectivity index (χ4n) is 0.279. The van der Waals surface area contributed by atoms with E-state index in [1.54, 1.807) is 0 Å². The van der Waals surface area contributed by atoms with Crippen LogP contribution in [0.15, 0.2) is 0 Å². The second kappa shape index (κ2) is 6.95. The van der Waals surface area contributed by atoms with Crippen LogP contribution in [0.25, 0.3) is 0 Å². The number of hydrogen-bond donors (Lipinski definition) is 0. The van der Waals surface area contributed by atoms with Gasteiger partial charge in [0.1, 0.15) is 0 Å². The van der Waals surface area contributed by atoms with Crippen LogP contribution in [-0.4, -0.2) is 46.4 Å². The summed E-state index contributed by atoms with van der Waals surface area (Å²) in [6.07, 6.45) is 0. The molecule has 1 fully saturated rings. The molecular weight excluding hydrogens is 134 g/mol. The van der Waals surface area contributed by atoms with Crippen LogP contribution < -0.4 is 0 Å². The van der Waals surface area contributed by atoms with Crippen LogP contribution in [-0.2, 0) is 14.2 Å². The largest absolute Gasteiger partial charge is 0.329 e. The Morgan fingerprint density at radius 3 is 1.10 bits per heavy atom. The van der Waals surface area contributed by atoms with Gasteiger partial charge in [-0.25, -0.2) is 0 Å². The molecule has 1 aliphatic rings. The van der Waals surface area contributed by atoms with Crippen LogP contribution in [0.3, 0.4) is 0 Å². The lowest BCUT2D eigenvalue weighted by Crippen LogP contribution is -2.14. The van der Waals surface area contributed by atoms with Gasteiger partial charge in [-0.1, -0.05) is 0 Å². The molecule has 10 heavy (non-hydrogen) atoms. The van der Waals surface area contributed by atoms with Gasteiger partial charge in [0, 0.05) is 0 Å². The highest BCUT2D eigenvalue weighted by atomic mass is 16.8. The average Bonchev–Trinajstić information content (AvgIpc) is 1.90. The highest BCUT2D eigenvalue weighted by molar-refractivity contribution is 4.09. The second-order valence-corrected chi connectivity index (χ2v) is 2.31. The van der Waals surface area contributed by atoms with E-state index in [1.165, 1.54) is 0 Å². The summed E-state index contributed by atoms with van der Waals surface area (Å²) in [5, 5.41) is 0. The van der Waals surface area contributed by atoms with Crippen molar-refractivity contribution in [3.8, 4) is 0 Å². The molecule has 0 atom stereocenters. The van der Waals surface area contributed by atoms with Gasteiger partial charge in [-0.2, -0.15) is 0 Å². The van der Waals surface area contributed by atoms with E-state index in [0.29, 0.717) is 20.4 Å². The SMILES string of the molecule is C1OCOCO1.CN(C)C. The molecule has 0 aromatic heterocycles. The minimum Gasteiger partial charge on any atom is -0.329 e. The molecule has 4 nitrogen and oxygen atoms in total. The number of ether oxygens (including phenoxy) is 3. The molecule has 1 saturated heterocycles. The topological polar surface area (TPSA) is 30.9 Å². The molecule has 4 heteroatoms. The lowest BCUT2D eigenvalue weighted by molar-refractivity contribution is -0.247. The van der Waals surface area contributed by atoms with Crippen molar-refractivity contribution in [2.75, 3.05) is 41.5 Å². The zero-order valence-electron chi connectivity index (χ0n) is 6.79. The van der Waals surface area contributed by atoms with Crippen molar-refractivity contribution in [3.63, 3.8) is 0 Å². The van der Waals surface area contributed by atoms with E-state index < -0.39 is 0 Å². The summed E-state index contributed by atoms with van der Waals surface area (Å²) < 4.78 is 13.9. The monoisotopic (exact) mass is 149 g/mol. The molecule has 0 unspecified atom stereocenters. The van der Waals surface area contributed by atoms with Crippen LogP contribution in [0.2, 0.25) is 0 Å². The zero-order chi connectivity index (χ0) is 7.82. The summed E-state index contributed by atoms with van der Waals surface area (Å²) in [5.41, 5.74) is 0. The van der Waals surface area contributed by atoms with Crippen molar-refractivity contribution in [2.24, 2.45) is 0 Å². The second-order valence-electron chi connectivity index (χ2n) is 2.31. The van der Waals surface area contributed by atoms with Gasteiger partial charge >= 0.3 is 0 Å². The summed E-state index contributed by atoms with van der Waals surface area (Å²) in [7, 11) is 6.00. The van der Waals surface area contributed by atoms with E-state index in [-0.39, 0.29) is 0 Å². The van der Waals surface area contributed by atoms with Gasteiger partial charge in [-0.05, 0) is 21.1 Å². The fourth-order valence-corrected chi connectivity index (χ4v) is 0.279. The number of hydrogen-bond acceptors (Lipinski definition) is 4. The maximum Gasteiger partial charge on any atom is 0.152 e. The maximum atomic E-state index is 4.62. The Morgan fingerprint density at radius 2 is 1.00 bits per heavy atom. The first-order valence-corrected chi connectivity index (χ1v) is 3.07. The molecule has 0 N–H and O–H groups in total. The third kappa shape index (κ3) is 10.8. The Kier molecular flexibility index (Phi) is 6.84. The lowest BCUT2D eigenvalue weighted by atomic mass is 11.0. The molecule has 0 saturated carbocycles. The van der Waals surface area contributed by atoms with Gasteiger partial charge in [0.15, 0.2) is 20.4 Å². The van der Waals surface area contributed by atoms with Gasteiger partial charge < -0.3 is 19.1 Å². The fraction of sp³-hybridized carbons (Fsp3) is 1.00. The molecular formula is C6H15NO3. The molecule has 0 aromatic carbocycles. The minimum atomic E-state index is 0.375. The summed E-state index contributed by atoms with van der Waals surface area (Å²) >= 11 is 0. The van der Waals surface area contributed by atoms with Crippen LogP contribution in [0.1, 0.15) is 0 Å². The molecule has 0 spiro atoms. The molecule has 0 bridgehead atoms. The van der Waals surface area contributed by atoms with Crippen LogP contribution in [0, 0.1) is 0 Å². The van der Waals surface area contributed by atoms with Gasteiger partial charge in [-0.3, -0.25) is 0 Å². The normalized spacial score (nSPS) is 18.0. The number of rotatable bonds is 0. The maximum absolute atomic E-state index is 4.62. The van der Waals surface area contributed by atoms with E-state index >= 15 is 0 Å². The highest BCUT2D eigenvalue weighted by Gasteiger charge is 1.93. The molecule has 0 amide bonds. The minimum absolute atomic E-state index is 0.375. The van der Waals surface area contributed by atoms with E-state index in [9.17, 15) is 0 Å². The van der Waals surface area contributed by atoms with Gasteiger partial charge in [0.25, 0.3) is 0 Å². The Morgan fingerprint density at radius 1 is 0.800 bits per heavy atom. The summed E-state index contributed by atoms with van der Waals surface area (Å²) in [6.45, 7) is 1.12. The Hall–Kier alpha value is -0.160. The summed E-state index contributed by atoms with van der Waals surface area (Å²) in [4.78, 5) is 2.00. The van der Waals surface area contributed by atoms with Crippen molar-refractivity contribution in [3.05, 3.63) is 0 Å². The van der Waals surface area contributed by atoms with E-state index in [4.69, 9.17) is 0 Å². The van der Waals surface area contributed by atoms with Gasteiger partial charge in [-0.15, -0.1) is 0 Å². The predicted molar refractivity (Wildman–Crippen MR) is 37.5 cm³/mol. The first-order chi connectivity index (χ1) is 4.73. The number of nitrogens with zero attached hydrogens (tertiary/aromatic N) is 1. The van der Waals surface area contributed by atoms with E-state index in [1.807, 2.05) is 26.0 Å². The first kappa shape index (κ1) is 9.84. The van der Waals surface area contributed by atoms with Crippen LogP contribution >= 0.6 is 0 Å². The Labute approximate surface area is 61.7 Å². The first-order valence-electron chi connectivity index (χ1n) is 3.07. The van der Waals surface area contributed by atoms with E-state index in [2.05, 4.69) is 14.2 Å². The van der Waals surface area contributed by atoms with Gasteiger partial charge in [0.2, 0.25) is 0 Å². The van der Waals surface area contributed by atoms with Gasteiger partial charge in [0.05, 0.1) is 0 Å². The molecule has 0 radical (unpaired) electrons. The van der Waals surface area contributed by atoms with Crippen molar-refractivity contribution >= 4 is 0 Å². The molecule has 1 heterocycles. The van der Waals surface area contributed by atoms with Crippen molar-refractivity contribution < 1.29 is 14.2 Å².